The highest BCUT2D eigenvalue weighted by Gasteiger charge is 2.13. The summed E-state index contributed by atoms with van der Waals surface area (Å²) < 4.78 is 13.3. The molecule has 0 radical (unpaired) electrons. The Bertz CT molecular complexity index is 557. The summed E-state index contributed by atoms with van der Waals surface area (Å²) in [5.41, 5.74) is 8.68. The molecule has 1 heterocycles. The lowest BCUT2D eigenvalue weighted by Gasteiger charge is -2.15. The number of pyridine rings is 1. The molecule has 2 N–H and O–H groups in total. The second-order valence-corrected chi connectivity index (χ2v) is 4.58. The normalized spacial score (nSPS) is 12.4. The van der Waals surface area contributed by atoms with Crippen LogP contribution in [0.1, 0.15) is 22.9 Å². The molecule has 2 rings (SSSR count). The van der Waals surface area contributed by atoms with Gasteiger partial charge in [-0.3, -0.25) is 4.98 Å². The Morgan fingerprint density at radius 2 is 2.11 bits per heavy atom. The summed E-state index contributed by atoms with van der Waals surface area (Å²) in [4.78, 5) is 4.19. The van der Waals surface area contributed by atoms with Crippen LogP contribution in [0, 0.1) is 12.7 Å². The van der Waals surface area contributed by atoms with Gasteiger partial charge < -0.3 is 5.73 Å². The zero-order valence-corrected chi connectivity index (χ0v) is 10.8. The van der Waals surface area contributed by atoms with E-state index in [1.165, 1.54) is 6.07 Å². The third-order valence-corrected chi connectivity index (χ3v) is 3.34. The van der Waals surface area contributed by atoms with Crippen molar-refractivity contribution in [1.82, 2.24) is 4.98 Å². The predicted octanol–water partition coefficient (Wildman–Crippen LogP) is 3.43. The van der Waals surface area contributed by atoms with Crippen molar-refractivity contribution in [2.45, 2.75) is 19.4 Å². The van der Waals surface area contributed by atoms with Gasteiger partial charge in [0.25, 0.3) is 0 Å². The molecule has 2 aromatic rings. The zero-order chi connectivity index (χ0) is 13.1. The Labute approximate surface area is 111 Å². The average molecular weight is 265 g/mol. The second kappa shape index (κ2) is 5.46. The van der Waals surface area contributed by atoms with Gasteiger partial charge in [0.05, 0.1) is 5.02 Å². The van der Waals surface area contributed by atoms with Crippen molar-refractivity contribution in [2.24, 2.45) is 5.73 Å². The molecule has 0 amide bonds. The van der Waals surface area contributed by atoms with Gasteiger partial charge in [0, 0.05) is 17.9 Å². The summed E-state index contributed by atoms with van der Waals surface area (Å²) in [6.07, 6.45) is 2.21. The SMILES string of the molecule is Cc1ncccc1C(N)Cc1cccc(F)c1Cl. The molecule has 0 aliphatic heterocycles. The van der Waals surface area contributed by atoms with Crippen molar-refractivity contribution in [3.63, 3.8) is 0 Å². The highest BCUT2D eigenvalue weighted by Crippen LogP contribution is 2.25. The van der Waals surface area contributed by atoms with Gasteiger partial charge in [0.2, 0.25) is 0 Å². The van der Waals surface area contributed by atoms with Gasteiger partial charge in [-0.2, -0.15) is 0 Å². The van der Waals surface area contributed by atoms with Crippen molar-refractivity contribution >= 4 is 11.6 Å². The monoisotopic (exact) mass is 264 g/mol. The van der Waals surface area contributed by atoms with Crippen LogP contribution < -0.4 is 5.73 Å². The minimum atomic E-state index is -0.413. The van der Waals surface area contributed by atoms with E-state index in [4.69, 9.17) is 17.3 Å². The number of aryl methyl sites for hydroxylation is 1. The van der Waals surface area contributed by atoms with Gasteiger partial charge in [-0.15, -0.1) is 0 Å². The summed E-state index contributed by atoms with van der Waals surface area (Å²) in [7, 11) is 0. The largest absolute Gasteiger partial charge is 0.324 e. The number of aromatic nitrogens is 1. The molecule has 18 heavy (non-hydrogen) atoms. The maximum absolute atomic E-state index is 13.3. The van der Waals surface area contributed by atoms with Gasteiger partial charge in [0.1, 0.15) is 5.82 Å². The lowest BCUT2D eigenvalue weighted by Crippen LogP contribution is -2.15. The molecule has 0 aliphatic rings. The molecule has 0 spiro atoms. The Kier molecular flexibility index (Phi) is 3.94. The first kappa shape index (κ1) is 13.0. The van der Waals surface area contributed by atoms with E-state index in [9.17, 15) is 4.39 Å². The van der Waals surface area contributed by atoms with Gasteiger partial charge in [0.15, 0.2) is 0 Å². The lowest BCUT2D eigenvalue weighted by molar-refractivity contribution is 0.622. The quantitative estimate of drug-likeness (QED) is 0.923. The van der Waals surface area contributed by atoms with Crippen molar-refractivity contribution in [3.05, 3.63) is 64.2 Å². The van der Waals surface area contributed by atoms with Crippen molar-refractivity contribution in [3.8, 4) is 0 Å². The van der Waals surface area contributed by atoms with E-state index in [1.54, 1.807) is 18.3 Å². The molecule has 0 aliphatic carbocycles. The molecule has 1 unspecified atom stereocenters. The number of halogens is 2. The minimum Gasteiger partial charge on any atom is -0.324 e. The van der Waals surface area contributed by atoms with Gasteiger partial charge in [-0.1, -0.05) is 29.8 Å². The molecule has 4 heteroatoms. The second-order valence-electron chi connectivity index (χ2n) is 4.20. The Balaban J connectivity index is 2.24. The fraction of sp³-hybridized carbons (Fsp3) is 0.214. The zero-order valence-electron chi connectivity index (χ0n) is 10.0. The summed E-state index contributed by atoms with van der Waals surface area (Å²) >= 11 is 5.92. The fourth-order valence-corrected chi connectivity index (χ4v) is 2.14. The van der Waals surface area contributed by atoms with E-state index >= 15 is 0 Å². The maximum atomic E-state index is 13.3. The van der Waals surface area contributed by atoms with Crippen LogP contribution in [0.5, 0.6) is 0 Å². The van der Waals surface area contributed by atoms with Gasteiger partial charge in [-0.25, -0.2) is 4.39 Å². The first-order valence-electron chi connectivity index (χ1n) is 5.69. The first-order valence-corrected chi connectivity index (χ1v) is 6.07. The number of benzene rings is 1. The third kappa shape index (κ3) is 2.68. The van der Waals surface area contributed by atoms with E-state index in [0.29, 0.717) is 12.0 Å². The van der Waals surface area contributed by atoms with Crippen molar-refractivity contribution < 1.29 is 4.39 Å². The molecule has 1 atom stereocenters. The van der Waals surface area contributed by atoms with Crippen LogP contribution in [0.2, 0.25) is 5.02 Å². The molecular formula is C14H14ClFN2. The highest BCUT2D eigenvalue weighted by molar-refractivity contribution is 6.31. The van der Waals surface area contributed by atoms with Crippen molar-refractivity contribution in [2.75, 3.05) is 0 Å². The Morgan fingerprint density at radius 1 is 1.33 bits per heavy atom. The third-order valence-electron chi connectivity index (χ3n) is 2.92. The standard InChI is InChI=1S/C14H14ClFN2/c1-9-11(5-3-7-18-9)13(17)8-10-4-2-6-12(16)14(10)15/h2-7,13H,8,17H2,1H3. The molecule has 0 fully saturated rings. The summed E-state index contributed by atoms with van der Waals surface area (Å²) in [5.74, 6) is -0.413. The van der Waals surface area contributed by atoms with E-state index in [2.05, 4.69) is 4.98 Å². The van der Waals surface area contributed by atoms with Crippen LogP contribution in [0.15, 0.2) is 36.5 Å². The molecular weight excluding hydrogens is 251 g/mol. The maximum Gasteiger partial charge on any atom is 0.142 e. The smallest absolute Gasteiger partial charge is 0.142 e. The van der Waals surface area contributed by atoms with Crippen LogP contribution >= 0.6 is 11.6 Å². The lowest BCUT2D eigenvalue weighted by atomic mass is 9.99. The van der Waals surface area contributed by atoms with E-state index < -0.39 is 5.82 Å². The first-order chi connectivity index (χ1) is 8.59. The molecule has 2 nitrogen and oxygen atoms in total. The van der Waals surface area contributed by atoms with E-state index in [0.717, 1.165) is 11.3 Å². The number of rotatable bonds is 3. The van der Waals surface area contributed by atoms with Crippen LogP contribution in [-0.4, -0.2) is 4.98 Å². The Morgan fingerprint density at radius 3 is 2.83 bits per heavy atom. The predicted molar refractivity (Wildman–Crippen MR) is 71.0 cm³/mol. The number of hydrogen-bond acceptors (Lipinski definition) is 2. The van der Waals surface area contributed by atoms with Crippen molar-refractivity contribution in [1.29, 1.82) is 0 Å². The van der Waals surface area contributed by atoms with Gasteiger partial charge in [-0.05, 0) is 36.6 Å². The number of hydrogen-bond donors (Lipinski definition) is 1. The summed E-state index contributed by atoms with van der Waals surface area (Å²) in [6, 6.07) is 8.30. The summed E-state index contributed by atoms with van der Waals surface area (Å²) in [5, 5.41) is 0.148. The fourth-order valence-electron chi connectivity index (χ4n) is 1.94. The van der Waals surface area contributed by atoms with Crippen LogP contribution in [0.25, 0.3) is 0 Å². The molecule has 1 aromatic heterocycles. The van der Waals surface area contributed by atoms with Crippen LogP contribution in [-0.2, 0) is 6.42 Å². The van der Waals surface area contributed by atoms with Crippen LogP contribution in [0.4, 0.5) is 4.39 Å². The average Bonchev–Trinajstić information content (AvgIpc) is 2.35. The molecule has 0 saturated carbocycles. The summed E-state index contributed by atoms with van der Waals surface area (Å²) in [6.45, 7) is 1.91. The molecule has 94 valence electrons. The van der Waals surface area contributed by atoms with E-state index in [-0.39, 0.29) is 11.1 Å². The van der Waals surface area contributed by atoms with E-state index in [1.807, 2.05) is 19.1 Å². The van der Waals surface area contributed by atoms with Gasteiger partial charge >= 0.3 is 0 Å². The minimum absolute atomic E-state index is 0.148. The molecule has 0 bridgehead atoms. The molecule has 0 saturated heterocycles. The highest BCUT2D eigenvalue weighted by atomic mass is 35.5. The number of nitrogens with zero attached hydrogens (tertiary/aromatic N) is 1. The number of nitrogens with two attached hydrogens (primary N) is 1. The Hall–Kier alpha value is -1.45. The topological polar surface area (TPSA) is 38.9 Å². The molecule has 1 aromatic carbocycles. The van der Waals surface area contributed by atoms with Crippen LogP contribution in [0.3, 0.4) is 0 Å².